The summed E-state index contributed by atoms with van der Waals surface area (Å²) < 4.78 is 6.94. The summed E-state index contributed by atoms with van der Waals surface area (Å²) in [7, 11) is 0. The Hall–Kier alpha value is -0.540. The first-order chi connectivity index (χ1) is 7.66. The van der Waals surface area contributed by atoms with Crippen LogP contribution in [0.3, 0.4) is 0 Å². The maximum Gasteiger partial charge on any atom is 0.124 e. The number of aryl methyl sites for hydroxylation is 1. The molecule has 0 aromatic heterocycles. The van der Waals surface area contributed by atoms with Crippen molar-refractivity contribution < 1.29 is 9.84 Å². The number of aliphatic hydroxyl groups excluding tert-OH is 1. The fourth-order valence-corrected chi connectivity index (χ4v) is 2.60. The second-order valence-electron chi connectivity index (χ2n) is 4.42. The van der Waals surface area contributed by atoms with Crippen LogP contribution in [0.5, 0.6) is 5.75 Å². The van der Waals surface area contributed by atoms with Crippen molar-refractivity contribution in [1.82, 2.24) is 0 Å². The third-order valence-electron chi connectivity index (χ3n) is 3.08. The van der Waals surface area contributed by atoms with Crippen LogP contribution in [0.1, 0.15) is 31.2 Å². The van der Waals surface area contributed by atoms with E-state index in [0.29, 0.717) is 0 Å². The molecule has 1 aliphatic rings. The molecule has 2 nitrogen and oxygen atoms in total. The number of benzene rings is 1. The number of hydrogen-bond donors (Lipinski definition) is 1. The summed E-state index contributed by atoms with van der Waals surface area (Å²) in [4.78, 5) is 0. The van der Waals surface area contributed by atoms with E-state index in [4.69, 9.17) is 4.74 Å². The number of ether oxygens (including phenoxy) is 1. The molecule has 0 radical (unpaired) electrons. The second kappa shape index (κ2) is 5.19. The van der Waals surface area contributed by atoms with Gasteiger partial charge in [-0.05, 0) is 49.9 Å². The first-order valence-electron chi connectivity index (χ1n) is 5.77. The molecule has 1 aromatic carbocycles. The normalized spacial score (nSPS) is 25.4. The van der Waals surface area contributed by atoms with Crippen LogP contribution in [0.4, 0.5) is 0 Å². The summed E-state index contributed by atoms with van der Waals surface area (Å²) >= 11 is 3.43. The molecular weight excluding hydrogens is 268 g/mol. The summed E-state index contributed by atoms with van der Waals surface area (Å²) in [6.07, 6.45) is 3.74. The molecule has 0 aliphatic heterocycles. The van der Waals surface area contributed by atoms with Crippen LogP contribution in [-0.2, 0) is 0 Å². The molecule has 1 N–H and O–H groups in total. The Morgan fingerprint density at radius 3 is 2.75 bits per heavy atom. The number of hydrogen-bond acceptors (Lipinski definition) is 2. The van der Waals surface area contributed by atoms with Gasteiger partial charge in [0.15, 0.2) is 0 Å². The Labute approximate surface area is 105 Å². The van der Waals surface area contributed by atoms with Gasteiger partial charge in [0, 0.05) is 4.47 Å². The first kappa shape index (κ1) is 11.9. The Bertz CT molecular complexity index is 365. The lowest BCUT2D eigenvalue weighted by Crippen LogP contribution is -2.34. The third kappa shape index (κ3) is 2.77. The zero-order valence-corrected chi connectivity index (χ0v) is 11.0. The lowest BCUT2D eigenvalue weighted by molar-refractivity contribution is 0.00654. The van der Waals surface area contributed by atoms with Crippen LogP contribution in [0.25, 0.3) is 0 Å². The summed E-state index contributed by atoms with van der Waals surface area (Å²) in [5.41, 5.74) is 1.10. The van der Waals surface area contributed by atoms with Gasteiger partial charge in [0.05, 0.1) is 6.10 Å². The Kier molecular flexibility index (Phi) is 3.87. The van der Waals surface area contributed by atoms with Crippen molar-refractivity contribution >= 4 is 15.9 Å². The van der Waals surface area contributed by atoms with Gasteiger partial charge >= 0.3 is 0 Å². The molecular formula is C13H17BrO2. The highest BCUT2D eigenvalue weighted by Crippen LogP contribution is 2.27. The standard InChI is InChI=1S/C13H17BrO2/c1-9-8-10(14)6-7-12(9)16-13-5-3-2-4-11(13)15/h6-8,11,13,15H,2-5H2,1H3. The molecule has 0 bridgehead atoms. The van der Waals surface area contributed by atoms with Gasteiger partial charge in [-0.15, -0.1) is 0 Å². The van der Waals surface area contributed by atoms with Crippen molar-refractivity contribution in [2.75, 3.05) is 0 Å². The highest BCUT2D eigenvalue weighted by atomic mass is 79.9. The summed E-state index contributed by atoms with van der Waals surface area (Å²) in [6.45, 7) is 2.02. The molecule has 16 heavy (non-hydrogen) atoms. The van der Waals surface area contributed by atoms with Crippen LogP contribution in [0.2, 0.25) is 0 Å². The van der Waals surface area contributed by atoms with E-state index in [9.17, 15) is 5.11 Å². The molecule has 2 unspecified atom stereocenters. The molecule has 3 heteroatoms. The fraction of sp³-hybridized carbons (Fsp3) is 0.538. The van der Waals surface area contributed by atoms with E-state index in [0.717, 1.165) is 41.5 Å². The van der Waals surface area contributed by atoms with E-state index in [1.165, 1.54) is 0 Å². The number of rotatable bonds is 2. The summed E-state index contributed by atoms with van der Waals surface area (Å²) in [6, 6.07) is 5.96. The van der Waals surface area contributed by atoms with E-state index < -0.39 is 0 Å². The molecule has 1 aliphatic carbocycles. The summed E-state index contributed by atoms with van der Waals surface area (Å²) in [5.74, 6) is 0.883. The zero-order chi connectivity index (χ0) is 11.5. The zero-order valence-electron chi connectivity index (χ0n) is 9.45. The predicted octanol–water partition coefficient (Wildman–Crippen LogP) is 3.44. The Balaban J connectivity index is 2.07. The van der Waals surface area contributed by atoms with Crippen molar-refractivity contribution in [3.63, 3.8) is 0 Å². The minimum atomic E-state index is -0.309. The fourth-order valence-electron chi connectivity index (χ4n) is 2.12. The van der Waals surface area contributed by atoms with Gasteiger partial charge in [-0.2, -0.15) is 0 Å². The van der Waals surface area contributed by atoms with Gasteiger partial charge in [-0.1, -0.05) is 22.4 Å². The van der Waals surface area contributed by atoms with Crippen LogP contribution < -0.4 is 4.74 Å². The molecule has 0 saturated heterocycles. The smallest absolute Gasteiger partial charge is 0.124 e. The first-order valence-corrected chi connectivity index (χ1v) is 6.57. The van der Waals surface area contributed by atoms with Gasteiger partial charge in [0.1, 0.15) is 11.9 Å². The van der Waals surface area contributed by atoms with Crippen LogP contribution in [-0.4, -0.2) is 17.3 Å². The molecule has 0 heterocycles. The van der Waals surface area contributed by atoms with Crippen molar-refractivity contribution in [3.8, 4) is 5.75 Å². The van der Waals surface area contributed by atoms with E-state index in [-0.39, 0.29) is 12.2 Å². The van der Waals surface area contributed by atoms with Crippen molar-refractivity contribution in [1.29, 1.82) is 0 Å². The largest absolute Gasteiger partial charge is 0.487 e. The van der Waals surface area contributed by atoms with E-state index >= 15 is 0 Å². The van der Waals surface area contributed by atoms with E-state index in [1.807, 2.05) is 25.1 Å². The SMILES string of the molecule is Cc1cc(Br)ccc1OC1CCCCC1O. The van der Waals surface area contributed by atoms with Gasteiger partial charge in [-0.25, -0.2) is 0 Å². The monoisotopic (exact) mass is 284 g/mol. The van der Waals surface area contributed by atoms with Crippen LogP contribution in [0.15, 0.2) is 22.7 Å². The molecule has 1 aromatic rings. The minimum absolute atomic E-state index is 0.0337. The van der Waals surface area contributed by atoms with Crippen LogP contribution in [0, 0.1) is 6.92 Å². The topological polar surface area (TPSA) is 29.5 Å². The van der Waals surface area contributed by atoms with Crippen molar-refractivity contribution in [2.45, 2.75) is 44.8 Å². The number of halogens is 1. The van der Waals surface area contributed by atoms with E-state index in [1.54, 1.807) is 0 Å². The maximum atomic E-state index is 9.84. The maximum absolute atomic E-state index is 9.84. The van der Waals surface area contributed by atoms with E-state index in [2.05, 4.69) is 15.9 Å². The lowest BCUT2D eigenvalue weighted by atomic mass is 9.95. The van der Waals surface area contributed by atoms with Crippen molar-refractivity contribution in [2.24, 2.45) is 0 Å². The molecule has 0 amide bonds. The molecule has 2 rings (SSSR count). The predicted molar refractivity (Wildman–Crippen MR) is 67.8 cm³/mol. The molecule has 88 valence electrons. The second-order valence-corrected chi connectivity index (χ2v) is 5.33. The molecule has 1 fully saturated rings. The number of aliphatic hydroxyl groups is 1. The minimum Gasteiger partial charge on any atom is -0.487 e. The van der Waals surface area contributed by atoms with Gasteiger partial charge in [0.2, 0.25) is 0 Å². The molecule has 1 saturated carbocycles. The van der Waals surface area contributed by atoms with Gasteiger partial charge in [0.25, 0.3) is 0 Å². The van der Waals surface area contributed by atoms with Crippen LogP contribution >= 0.6 is 15.9 Å². The molecule has 2 atom stereocenters. The lowest BCUT2D eigenvalue weighted by Gasteiger charge is -2.28. The summed E-state index contributed by atoms with van der Waals surface area (Å²) in [5, 5.41) is 9.84. The highest BCUT2D eigenvalue weighted by Gasteiger charge is 2.24. The molecule has 0 spiro atoms. The highest BCUT2D eigenvalue weighted by molar-refractivity contribution is 9.10. The van der Waals surface area contributed by atoms with Crippen molar-refractivity contribution in [3.05, 3.63) is 28.2 Å². The third-order valence-corrected chi connectivity index (χ3v) is 3.58. The quantitative estimate of drug-likeness (QED) is 0.902. The Morgan fingerprint density at radius 1 is 1.31 bits per heavy atom. The van der Waals surface area contributed by atoms with Gasteiger partial charge in [-0.3, -0.25) is 0 Å². The van der Waals surface area contributed by atoms with Gasteiger partial charge < -0.3 is 9.84 Å². The Morgan fingerprint density at radius 2 is 2.06 bits per heavy atom. The average molecular weight is 285 g/mol. The average Bonchev–Trinajstić information content (AvgIpc) is 2.25.